The minimum Gasteiger partial charge on any atom is -0.341 e. The first kappa shape index (κ1) is 14.6. The fourth-order valence-electron chi connectivity index (χ4n) is 3.98. The summed E-state index contributed by atoms with van der Waals surface area (Å²) in [7, 11) is 0. The summed E-state index contributed by atoms with van der Waals surface area (Å²) in [6.07, 6.45) is 5.89. The third kappa shape index (κ3) is 3.13. The first-order chi connectivity index (χ1) is 10.3. The summed E-state index contributed by atoms with van der Waals surface area (Å²) < 4.78 is 0. The molecule has 21 heavy (non-hydrogen) atoms. The lowest BCUT2D eigenvalue weighted by molar-refractivity contribution is -0.135. The highest BCUT2D eigenvalue weighted by Gasteiger charge is 2.37. The number of likely N-dealkylation sites (tertiary alicyclic amines) is 1. The molecule has 2 N–H and O–H groups in total. The maximum absolute atomic E-state index is 12.7. The van der Waals surface area contributed by atoms with E-state index in [1.807, 2.05) is 6.07 Å². The second-order valence-electron chi connectivity index (χ2n) is 6.59. The van der Waals surface area contributed by atoms with Crippen LogP contribution in [0, 0.1) is 11.8 Å². The van der Waals surface area contributed by atoms with E-state index in [0.29, 0.717) is 24.3 Å². The van der Waals surface area contributed by atoms with Gasteiger partial charge in [-0.05, 0) is 30.9 Å². The van der Waals surface area contributed by atoms with Gasteiger partial charge in [-0.15, -0.1) is 0 Å². The van der Waals surface area contributed by atoms with E-state index in [9.17, 15) is 4.79 Å². The molecule has 0 spiro atoms. The smallest absolute Gasteiger partial charge is 0.225 e. The molecule has 2 fully saturated rings. The van der Waals surface area contributed by atoms with Gasteiger partial charge in [-0.3, -0.25) is 4.79 Å². The first-order valence-electron chi connectivity index (χ1n) is 8.33. The molecule has 3 rings (SSSR count). The van der Waals surface area contributed by atoms with Crippen molar-refractivity contribution in [2.24, 2.45) is 17.6 Å². The number of carbonyl (C=O) groups excluding carboxylic acids is 1. The molecule has 1 aliphatic carbocycles. The predicted molar refractivity (Wildman–Crippen MR) is 84.9 cm³/mol. The molecule has 0 radical (unpaired) electrons. The van der Waals surface area contributed by atoms with Crippen molar-refractivity contribution >= 4 is 5.91 Å². The van der Waals surface area contributed by atoms with Crippen LogP contribution in [0.5, 0.6) is 0 Å². The van der Waals surface area contributed by atoms with Crippen molar-refractivity contribution in [1.82, 2.24) is 4.90 Å². The summed E-state index contributed by atoms with van der Waals surface area (Å²) in [4.78, 5) is 14.8. The maximum atomic E-state index is 12.7. The largest absolute Gasteiger partial charge is 0.341 e. The van der Waals surface area contributed by atoms with Crippen LogP contribution in [-0.2, 0) is 4.79 Å². The normalized spacial score (nSPS) is 27.0. The summed E-state index contributed by atoms with van der Waals surface area (Å²) in [5.41, 5.74) is 7.29. The van der Waals surface area contributed by atoms with E-state index < -0.39 is 0 Å². The van der Waals surface area contributed by atoms with Crippen LogP contribution in [0.3, 0.4) is 0 Å². The lowest BCUT2D eigenvalue weighted by Gasteiger charge is -2.26. The van der Waals surface area contributed by atoms with Crippen molar-refractivity contribution in [3.63, 3.8) is 0 Å². The maximum Gasteiger partial charge on any atom is 0.225 e. The van der Waals surface area contributed by atoms with Crippen LogP contribution in [0.2, 0.25) is 0 Å². The van der Waals surface area contributed by atoms with E-state index in [1.54, 1.807) is 0 Å². The van der Waals surface area contributed by atoms with Crippen LogP contribution in [0.4, 0.5) is 0 Å². The van der Waals surface area contributed by atoms with Gasteiger partial charge in [0.25, 0.3) is 0 Å². The van der Waals surface area contributed by atoms with Crippen molar-refractivity contribution in [2.45, 2.75) is 38.0 Å². The quantitative estimate of drug-likeness (QED) is 0.928. The van der Waals surface area contributed by atoms with E-state index in [4.69, 9.17) is 5.73 Å². The Kier molecular flexibility index (Phi) is 4.59. The Bertz CT molecular complexity index is 467. The Hall–Kier alpha value is -1.35. The van der Waals surface area contributed by atoms with Gasteiger partial charge < -0.3 is 10.6 Å². The summed E-state index contributed by atoms with van der Waals surface area (Å²) >= 11 is 0. The summed E-state index contributed by atoms with van der Waals surface area (Å²) in [6.45, 7) is 2.35. The highest BCUT2D eigenvalue weighted by molar-refractivity contribution is 5.79. The van der Waals surface area contributed by atoms with Gasteiger partial charge in [-0.1, -0.05) is 49.6 Å². The van der Waals surface area contributed by atoms with Crippen LogP contribution in [0.25, 0.3) is 0 Å². The molecular formula is C18H26N2O. The van der Waals surface area contributed by atoms with E-state index in [-0.39, 0.29) is 5.92 Å². The highest BCUT2D eigenvalue weighted by Crippen LogP contribution is 2.34. The van der Waals surface area contributed by atoms with Gasteiger partial charge in [0, 0.05) is 24.9 Å². The van der Waals surface area contributed by atoms with Gasteiger partial charge in [-0.2, -0.15) is 0 Å². The predicted octanol–water partition coefficient (Wildman–Crippen LogP) is 2.77. The number of amides is 1. The first-order valence-corrected chi connectivity index (χ1v) is 8.33. The standard InChI is InChI=1S/C18H26N2O/c19-11-16-12-20(18(21)15-9-5-2-6-10-15)13-17(16)14-7-3-1-4-8-14/h1,3-4,7-8,15-17H,2,5-6,9-13,19H2/t16-,17+/m1/s1. The molecule has 1 aliphatic heterocycles. The van der Waals surface area contributed by atoms with Crippen LogP contribution in [-0.4, -0.2) is 30.4 Å². The molecule has 0 unspecified atom stereocenters. The molecule has 1 amide bonds. The highest BCUT2D eigenvalue weighted by atomic mass is 16.2. The van der Waals surface area contributed by atoms with Crippen molar-refractivity contribution in [2.75, 3.05) is 19.6 Å². The number of nitrogens with zero attached hydrogens (tertiary/aromatic N) is 1. The van der Waals surface area contributed by atoms with Crippen molar-refractivity contribution in [3.8, 4) is 0 Å². The zero-order valence-electron chi connectivity index (χ0n) is 12.7. The van der Waals surface area contributed by atoms with E-state index in [0.717, 1.165) is 25.9 Å². The Morgan fingerprint density at radius 1 is 1.10 bits per heavy atom. The van der Waals surface area contributed by atoms with Gasteiger partial charge in [-0.25, -0.2) is 0 Å². The molecule has 0 bridgehead atoms. The minimum atomic E-state index is 0.270. The van der Waals surface area contributed by atoms with Crippen molar-refractivity contribution < 1.29 is 4.79 Å². The molecule has 0 aromatic heterocycles. The summed E-state index contributed by atoms with van der Waals surface area (Å²) in [5.74, 6) is 1.46. The average Bonchev–Trinajstić information content (AvgIpc) is 3.00. The van der Waals surface area contributed by atoms with Crippen molar-refractivity contribution in [3.05, 3.63) is 35.9 Å². The number of benzene rings is 1. The van der Waals surface area contributed by atoms with E-state index in [1.165, 1.54) is 24.8 Å². The molecule has 2 aliphatic rings. The lowest BCUT2D eigenvalue weighted by Crippen LogP contribution is -2.36. The number of hydrogen-bond acceptors (Lipinski definition) is 2. The van der Waals surface area contributed by atoms with E-state index >= 15 is 0 Å². The molecule has 1 saturated carbocycles. The molecular weight excluding hydrogens is 260 g/mol. The topological polar surface area (TPSA) is 46.3 Å². The van der Waals surface area contributed by atoms with Crippen LogP contribution in [0.15, 0.2) is 30.3 Å². The van der Waals surface area contributed by atoms with Gasteiger partial charge in [0.1, 0.15) is 0 Å². The fourth-order valence-corrected chi connectivity index (χ4v) is 3.98. The van der Waals surface area contributed by atoms with Crippen LogP contribution in [0.1, 0.15) is 43.6 Å². The SMILES string of the molecule is NC[C@@H]1CN(C(=O)C2CCCCC2)C[C@H]1c1ccccc1. The zero-order chi connectivity index (χ0) is 14.7. The number of hydrogen-bond donors (Lipinski definition) is 1. The molecule has 1 heterocycles. The van der Waals surface area contributed by atoms with Gasteiger partial charge >= 0.3 is 0 Å². The molecule has 2 atom stereocenters. The van der Waals surface area contributed by atoms with Crippen LogP contribution >= 0.6 is 0 Å². The fraction of sp³-hybridized carbons (Fsp3) is 0.611. The molecule has 1 aromatic rings. The minimum absolute atomic E-state index is 0.270. The van der Waals surface area contributed by atoms with Gasteiger partial charge in [0.05, 0.1) is 0 Å². The van der Waals surface area contributed by atoms with Crippen molar-refractivity contribution in [1.29, 1.82) is 0 Å². The molecule has 1 aromatic carbocycles. The van der Waals surface area contributed by atoms with Crippen LogP contribution < -0.4 is 5.73 Å². The summed E-state index contributed by atoms with van der Waals surface area (Å²) in [6, 6.07) is 10.5. The van der Waals surface area contributed by atoms with Gasteiger partial charge in [0.15, 0.2) is 0 Å². The average molecular weight is 286 g/mol. The number of carbonyl (C=O) groups is 1. The summed E-state index contributed by atoms with van der Waals surface area (Å²) in [5, 5.41) is 0. The Morgan fingerprint density at radius 2 is 1.81 bits per heavy atom. The Morgan fingerprint density at radius 3 is 2.48 bits per heavy atom. The van der Waals surface area contributed by atoms with E-state index in [2.05, 4.69) is 29.2 Å². The van der Waals surface area contributed by atoms with Gasteiger partial charge in [0.2, 0.25) is 5.91 Å². The second-order valence-corrected chi connectivity index (χ2v) is 6.59. The molecule has 3 heteroatoms. The monoisotopic (exact) mass is 286 g/mol. The molecule has 114 valence electrons. The number of nitrogens with two attached hydrogens (primary N) is 1. The third-order valence-electron chi connectivity index (χ3n) is 5.24. The third-order valence-corrected chi connectivity index (χ3v) is 5.24. The zero-order valence-corrected chi connectivity index (χ0v) is 12.7. The molecule has 1 saturated heterocycles. The Balaban J connectivity index is 1.70. The second kappa shape index (κ2) is 6.61. The lowest BCUT2D eigenvalue weighted by atomic mass is 9.88. The number of rotatable bonds is 3. The molecule has 3 nitrogen and oxygen atoms in total. The Labute approximate surface area is 127 Å².